The molecule has 1 heterocycles. The summed E-state index contributed by atoms with van der Waals surface area (Å²) in [6.07, 6.45) is 3.35. The molecule has 0 bridgehead atoms. The monoisotopic (exact) mass is 258 g/mol. The van der Waals surface area contributed by atoms with Crippen molar-refractivity contribution in [3.63, 3.8) is 0 Å². The van der Waals surface area contributed by atoms with E-state index in [0.717, 1.165) is 5.56 Å². The standard InChI is InChI=1S/C15H15FN2O/c1-11(12-7-9-17-10-8-12)18(2)15(19)13-5-3-4-6-14(13)16/h3-11H,1-2H3. The van der Waals surface area contributed by atoms with E-state index < -0.39 is 5.82 Å². The fraction of sp³-hybridized carbons (Fsp3) is 0.200. The second-order valence-corrected chi connectivity index (χ2v) is 4.35. The first-order valence-electron chi connectivity index (χ1n) is 6.03. The van der Waals surface area contributed by atoms with Crippen LogP contribution in [0.4, 0.5) is 4.39 Å². The van der Waals surface area contributed by atoms with Gasteiger partial charge in [0.25, 0.3) is 5.91 Å². The molecule has 2 aromatic rings. The van der Waals surface area contributed by atoms with Crippen molar-refractivity contribution in [2.75, 3.05) is 7.05 Å². The largest absolute Gasteiger partial charge is 0.335 e. The van der Waals surface area contributed by atoms with Crippen molar-refractivity contribution in [1.82, 2.24) is 9.88 Å². The maximum atomic E-state index is 13.6. The molecule has 0 aliphatic rings. The van der Waals surface area contributed by atoms with Crippen LogP contribution in [0.1, 0.15) is 28.9 Å². The predicted molar refractivity (Wildman–Crippen MR) is 71.1 cm³/mol. The van der Waals surface area contributed by atoms with Gasteiger partial charge >= 0.3 is 0 Å². The molecule has 4 heteroatoms. The van der Waals surface area contributed by atoms with E-state index in [1.807, 2.05) is 19.1 Å². The van der Waals surface area contributed by atoms with Gasteiger partial charge < -0.3 is 4.90 Å². The Morgan fingerprint density at radius 2 is 1.84 bits per heavy atom. The Hall–Kier alpha value is -2.23. The topological polar surface area (TPSA) is 33.2 Å². The molecule has 0 saturated heterocycles. The Labute approximate surface area is 111 Å². The zero-order valence-corrected chi connectivity index (χ0v) is 10.9. The summed E-state index contributed by atoms with van der Waals surface area (Å²) in [7, 11) is 1.67. The smallest absolute Gasteiger partial charge is 0.257 e. The fourth-order valence-electron chi connectivity index (χ4n) is 1.87. The van der Waals surface area contributed by atoms with Crippen molar-refractivity contribution in [1.29, 1.82) is 0 Å². The predicted octanol–water partition coefficient (Wildman–Crippen LogP) is 3.05. The van der Waals surface area contributed by atoms with Crippen molar-refractivity contribution < 1.29 is 9.18 Å². The van der Waals surface area contributed by atoms with Gasteiger partial charge in [0.05, 0.1) is 11.6 Å². The van der Waals surface area contributed by atoms with Crippen molar-refractivity contribution >= 4 is 5.91 Å². The summed E-state index contributed by atoms with van der Waals surface area (Å²) in [4.78, 5) is 17.7. The van der Waals surface area contributed by atoms with Crippen LogP contribution in [0.25, 0.3) is 0 Å². The fourth-order valence-corrected chi connectivity index (χ4v) is 1.87. The molecule has 1 unspecified atom stereocenters. The van der Waals surface area contributed by atoms with Gasteiger partial charge in [-0.25, -0.2) is 4.39 Å². The third kappa shape index (κ3) is 2.78. The van der Waals surface area contributed by atoms with Crippen LogP contribution in [0.3, 0.4) is 0 Å². The van der Waals surface area contributed by atoms with E-state index in [2.05, 4.69) is 4.98 Å². The van der Waals surface area contributed by atoms with Crippen molar-refractivity contribution in [3.05, 3.63) is 65.7 Å². The molecular weight excluding hydrogens is 243 g/mol. The molecule has 0 N–H and O–H groups in total. The van der Waals surface area contributed by atoms with E-state index in [0.29, 0.717) is 0 Å². The molecule has 1 aromatic carbocycles. The zero-order chi connectivity index (χ0) is 13.8. The summed E-state index contributed by atoms with van der Waals surface area (Å²) >= 11 is 0. The Bertz CT molecular complexity index is 571. The van der Waals surface area contributed by atoms with Gasteiger partial charge in [-0.05, 0) is 36.8 Å². The SMILES string of the molecule is CC(c1ccncc1)N(C)C(=O)c1ccccc1F. The third-order valence-electron chi connectivity index (χ3n) is 3.19. The lowest BCUT2D eigenvalue weighted by atomic mass is 10.1. The number of hydrogen-bond donors (Lipinski definition) is 0. The molecule has 0 aliphatic carbocycles. The number of amides is 1. The van der Waals surface area contributed by atoms with E-state index in [1.165, 1.54) is 17.0 Å². The van der Waals surface area contributed by atoms with Gasteiger partial charge in [0.1, 0.15) is 5.82 Å². The number of nitrogens with zero attached hydrogens (tertiary/aromatic N) is 2. The van der Waals surface area contributed by atoms with E-state index >= 15 is 0 Å². The van der Waals surface area contributed by atoms with Gasteiger partial charge in [-0.3, -0.25) is 9.78 Å². The van der Waals surface area contributed by atoms with Crippen LogP contribution in [-0.2, 0) is 0 Å². The first kappa shape index (κ1) is 13.2. The first-order valence-corrected chi connectivity index (χ1v) is 6.03. The molecule has 98 valence electrons. The van der Waals surface area contributed by atoms with Crippen LogP contribution in [0.15, 0.2) is 48.8 Å². The van der Waals surface area contributed by atoms with Crippen LogP contribution in [0, 0.1) is 5.82 Å². The van der Waals surface area contributed by atoms with Gasteiger partial charge in [0.2, 0.25) is 0 Å². The van der Waals surface area contributed by atoms with Gasteiger partial charge in [-0.2, -0.15) is 0 Å². The molecule has 1 atom stereocenters. The van der Waals surface area contributed by atoms with Crippen LogP contribution in [0.5, 0.6) is 0 Å². The molecule has 19 heavy (non-hydrogen) atoms. The third-order valence-corrected chi connectivity index (χ3v) is 3.19. The summed E-state index contributed by atoms with van der Waals surface area (Å²) in [6, 6.07) is 9.55. The van der Waals surface area contributed by atoms with Crippen LogP contribution < -0.4 is 0 Å². The average Bonchev–Trinajstić information content (AvgIpc) is 2.46. The lowest BCUT2D eigenvalue weighted by Crippen LogP contribution is -2.30. The minimum atomic E-state index is -0.499. The van der Waals surface area contributed by atoms with Crippen LogP contribution in [-0.4, -0.2) is 22.8 Å². The normalized spacial score (nSPS) is 11.9. The number of benzene rings is 1. The lowest BCUT2D eigenvalue weighted by Gasteiger charge is -2.25. The average molecular weight is 258 g/mol. The highest BCUT2D eigenvalue weighted by atomic mass is 19.1. The summed E-state index contributed by atoms with van der Waals surface area (Å²) < 4.78 is 13.6. The molecule has 0 saturated carbocycles. The Morgan fingerprint density at radius 3 is 2.47 bits per heavy atom. The second kappa shape index (κ2) is 5.61. The Morgan fingerprint density at radius 1 is 1.21 bits per heavy atom. The molecule has 3 nitrogen and oxygen atoms in total. The van der Waals surface area contributed by atoms with Crippen molar-refractivity contribution in [2.24, 2.45) is 0 Å². The molecule has 1 aromatic heterocycles. The lowest BCUT2D eigenvalue weighted by molar-refractivity contribution is 0.0738. The zero-order valence-electron chi connectivity index (χ0n) is 10.9. The number of halogens is 1. The molecule has 0 radical (unpaired) electrons. The highest BCUT2D eigenvalue weighted by molar-refractivity contribution is 5.94. The molecule has 0 spiro atoms. The molecule has 1 amide bonds. The van der Waals surface area contributed by atoms with E-state index in [1.54, 1.807) is 31.6 Å². The Kier molecular flexibility index (Phi) is 3.90. The van der Waals surface area contributed by atoms with Crippen LogP contribution >= 0.6 is 0 Å². The maximum Gasteiger partial charge on any atom is 0.257 e. The van der Waals surface area contributed by atoms with Gasteiger partial charge in [-0.1, -0.05) is 12.1 Å². The highest BCUT2D eigenvalue weighted by Crippen LogP contribution is 2.20. The molecule has 0 aliphatic heterocycles. The number of pyridine rings is 1. The summed E-state index contributed by atoms with van der Waals surface area (Å²) in [5.41, 5.74) is 1.05. The van der Waals surface area contributed by atoms with Gasteiger partial charge in [-0.15, -0.1) is 0 Å². The number of carbonyl (C=O) groups is 1. The highest BCUT2D eigenvalue weighted by Gasteiger charge is 2.20. The minimum absolute atomic E-state index is 0.0888. The van der Waals surface area contributed by atoms with Gasteiger partial charge in [0, 0.05) is 19.4 Å². The Balaban J connectivity index is 2.23. The van der Waals surface area contributed by atoms with E-state index in [9.17, 15) is 9.18 Å². The number of carbonyl (C=O) groups excluding carboxylic acids is 1. The van der Waals surface area contributed by atoms with Crippen LogP contribution in [0.2, 0.25) is 0 Å². The second-order valence-electron chi connectivity index (χ2n) is 4.35. The maximum absolute atomic E-state index is 13.6. The number of aromatic nitrogens is 1. The minimum Gasteiger partial charge on any atom is -0.335 e. The quantitative estimate of drug-likeness (QED) is 0.847. The summed E-state index contributed by atoms with van der Waals surface area (Å²) in [5, 5.41) is 0. The van der Waals surface area contributed by atoms with Gasteiger partial charge in [0.15, 0.2) is 0 Å². The van der Waals surface area contributed by atoms with Crippen molar-refractivity contribution in [3.8, 4) is 0 Å². The first-order chi connectivity index (χ1) is 9.11. The van der Waals surface area contributed by atoms with Crippen molar-refractivity contribution in [2.45, 2.75) is 13.0 Å². The molecular formula is C15H15FN2O. The van der Waals surface area contributed by atoms with E-state index in [4.69, 9.17) is 0 Å². The summed E-state index contributed by atoms with van der Waals surface area (Å²) in [6.45, 7) is 1.90. The summed E-state index contributed by atoms with van der Waals surface area (Å²) in [5.74, 6) is -0.830. The van der Waals surface area contributed by atoms with E-state index in [-0.39, 0.29) is 17.5 Å². The number of hydrogen-bond acceptors (Lipinski definition) is 2. The molecule has 2 rings (SSSR count). The molecule has 0 fully saturated rings. The number of rotatable bonds is 3.